The van der Waals surface area contributed by atoms with Gasteiger partial charge in [0, 0.05) is 5.70 Å². The number of nitrogens with zero attached hydrogens (tertiary/aromatic N) is 1. The molecule has 0 radical (unpaired) electrons. The van der Waals surface area contributed by atoms with Crippen molar-refractivity contribution in [3.8, 4) is 5.75 Å². The molecule has 1 aromatic rings. The number of phenols is 1. The second kappa shape index (κ2) is 9.40. The van der Waals surface area contributed by atoms with Crippen molar-refractivity contribution in [1.82, 2.24) is 10.2 Å². The maximum absolute atomic E-state index is 12.8. The average Bonchev–Trinajstić information content (AvgIpc) is 2.55. The second-order valence-electron chi connectivity index (χ2n) is 6.43. The number of hydrogen-bond donors (Lipinski definition) is 3. The molecule has 1 aliphatic carbocycles. The van der Waals surface area contributed by atoms with Crippen LogP contribution in [-0.4, -0.2) is 55.4 Å². The van der Waals surface area contributed by atoms with Gasteiger partial charge < -0.3 is 20.6 Å². The van der Waals surface area contributed by atoms with E-state index in [0.717, 1.165) is 0 Å². The zero-order valence-corrected chi connectivity index (χ0v) is 15.6. The first kappa shape index (κ1) is 22.5. The van der Waals surface area contributed by atoms with Gasteiger partial charge in [-0.3, -0.25) is 9.59 Å². The highest BCUT2D eigenvalue weighted by Crippen LogP contribution is 2.32. The third-order valence-corrected chi connectivity index (χ3v) is 3.52. The lowest BCUT2D eigenvalue weighted by molar-refractivity contribution is -0.155. The van der Waals surface area contributed by atoms with Crippen LogP contribution in [0.2, 0.25) is 0 Å². The highest BCUT2D eigenvalue weighted by molar-refractivity contribution is 6.07. The molecule has 1 aliphatic rings. The molecule has 0 amide bonds. The van der Waals surface area contributed by atoms with E-state index in [1.54, 1.807) is 0 Å². The number of alkyl halides is 3. The standard InChI is InChI=1S/C15H15F3N2O3.C3H9N/c1-2-12(15(16,17)18)19-10-6-11(22)13(10)20-9-5-3-4-8(7-21)14(9)23;1-4(2)3/h3-5,7,12,19-20,23H,2,6H2,1H3;1-3H3. The number of carbonyl (C=O) groups is 2. The zero-order chi connectivity index (χ0) is 20.8. The first-order valence-corrected chi connectivity index (χ1v) is 8.25. The first-order valence-electron chi connectivity index (χ1n) is 8.25. The van der Waals surface area contributed by atoms with Gasteiger partial charge in [0.05, 0.1) is 17.7 Å². The van der Waals surface area contributed by atoms with Gasteiger partial charge in [-0.2, -0.15) is 13.2 Å². The van der Waals surface area contributed by atoms with E-state index < -0.39 is 12.2 Å². The maximum Gasteiger partial charge on any atom is 0.408 e. The van der Waals surface area contributed by atoms with Gasteiger partial charge in [-0.05, 0) is 39.7 Å². The minimum absolute atomic E-state index is 0.0126. The molecule has 0 saturated heterocycles. The van der Waals surface area contributed by atoms with E-state index in [2.05, 4.69) is 10.6 Å². The predicted octanol–water partition coefficient (Wildman–Crippen LogP) is 2.91. The molecule has 2 rings (SSSR count). The molecule has 0 spiro atoms. The number of aromatic hydroxyl groups is 1. The number of ketones is 1. The first-order chi connectivity index (χ1) is 12.5. The lowest BCUT2D eigenvalue weighted by atomic mass is 9.97. The Morgan fingerprint density at radius 3 is 2.33 bits per heavy atom. The summed E-state index contributed by atoms with van der Waals surface area (Å²) in [6.45, 7) is 1.39. The monoisotopic (exact) mass is 387 g/mol. The molecule has 9 heteroatoms. The number of allylic oxidation sites excluding steroid dienone is 2. The molecule has 0 saturated carbocycles. The van der Waals surface area contributed by atoms with Crippen molar-refractivity contribution in [2.24, 2.45) is 0 Å². The number of Topliss-reactive ketones (excluding diaryl/α,β-unsaturated/α-hetero) is 1. The molecule has 27 heavy (non-hydrogen) atoms. The SMILES string of the molecule is CCC(NC1=C(Nc2cccc(C=O)c2O)C(=O)C1)C(F)(F)F.CN(C)C. The molecular weight excluding hydrogens is 363 g/mol. The molecule has 150 valence electrons. The zero-order valence-electron chi connectivity index (χ0n) is 15.6. The molecule has 0 aliphatic heterocycles. The lowest BCUT2D eigenvalue weighted by Crippen LogP contribution is -2.45. The quantitative estimate of drug-likeness (QED) is 0.514. The summed E-state index contributed by atoms with van der Waals surface area (Å²) in [7, 11) is 6.00. The Balaban J connectivity index is 0.000000828. The smallest absolute Gasteiger partial charge is 0.408 e. The fraction of sp³-hybridized carbons (Fsp3) is 0.444. The third kappa shape index (κ3) is 6.28. The van der Waals surface area contributed by atoms with Crippen molar-refractivity contribution in [2.45, 2.75) is 32.0 Å². The van der Waals surface area contributed by atoms with Crippen molar-refractivity contribution < 1.29 is 27.9 Å². The van der Waals surface area contributed by atoms with Crippen LogP contribution in [0.15, 0.2) is 29.6 Å². The Bertz CT molecular complexity index is 713. The fourth-order valence-corrected chi connectivity index (χ4v) is 2.18. The number of phenolic OH excluding ortho intramolecular Hbond substituents is 1. The minimum Gasteiger partial charge on any atom is -0.505 e. The van der Waals surface area contributed by atoms with Gasteiger partial charge in [0.1, 0.15) is 17.5 Å². The molecule has 0 aromatic heterocycles. The van der Waals surface area contributed by atoms with Gasteiger partial charge in [-0.1, -0.05) is 13.0 Å². The Hall–Kier alpha value is -2.55. The normalized spacial score (nSPS) is 14.9. The van der Waals surface area contributed by atoms with Gasteiger partial charge in [0.25, 0.3) is 0 Å². The topological polar surface area (TPSA) is 81.7 Å². The van der Waals surface area contributed by atoms with Crippen LogP contribution in [0.3, 0.4) is 0 Å². The van der Waals surface area contributed by atoms with Crippen LogP contribution in [-0.2, 0) is 4.79 Å². The van der Waals surface area contributed by atoms with E-state index in [1.807, 2.05) is 26.0 Å². The summed E-state index contributed by atoms with van der Waals surface area (Å²) in [5.74, 6) is -0.739. The minimum atomic E-state index is -4.43. The number of hydrogen-bond acceptors (Lipinski definition) is 6. The van der Waals surface area contributed by atoms with E-state index >= 15 is 0 Å². The van der Waals surface area contributed by atoms with E-state index in [0.29, 0.717) is 6.29 Å². The van der Waals surface area contributed by atoms with Crippen LogP contribution in [0.5, 0.6) is 5.75 Å². The summed E-state index contributed by atoms with van der Waals surface area (Å²) in [6.07, 6.45) is -4.30. The molecular formula is C18H24F3N3O3. The number of carbonyl (C=O) groups excluding carboxylic acids is 2. The average molecular weight is 387 g/mol. The summed E-state index contributed by atoms with van der Waals surface area (Å²) in [5, 5.41) is 14.8. The van der Waals surface area contributed by atoms with E-state index in [1.165, 1.54) is 25.1 Å². The summed E-state index contributed by atoms with van der Waals surface area (Å²) < 4.78 is 38.4. The highest BCUT2D eigenvalue weighted by Gasteiger charge is 2.41. The Labute approximate surface area is 156 Å². The molecule has 0 fully saturated rings. The predicted molar refractivity (Wildman–Crippen MR) is 96.6 cm³/mol. The van der Waals surface area contributed by atoms with Crippen molar-refractivity contribution in [2.75, 3.05) is 26.5 Å². The van der Waals surface area contributed by atoms with Gasteiger partial charge in [0.2, 0.25) is 0 Å². The van der Waals surface area contributed by atoms with Crippen LogP contribution in [0.4, 0.5) is 18.9 Å². The van der Waals surface area contributed by atoms with Crippen LogP contribution in [0, 0.1) is 0 Å². The summed E-state index contributed by atoms with van der Waals surface area (Å²) >= 11 is 0. The number of nitrogens with one attached hydrogen (secondary N) is 2. The van der Waals surface area contributed by atoms with Crippen molar-refractivity contribution in [1.29, 1.82) is 0 Å². The number of para-hydroxylation sites is 1. The maximum atomic E-state index is 12.8. The number of anilines is 1. The highest BCUT2D eigenvalue weighted by atomic mass is 19.4. The number of benzene rings is 1. The molecule has 1 atom stereocenters. The number of halogens is 3. The van der Waals surface area contributed by atoms with Gasteiger partial charge >= 0.3 is 6.18 Å². The molecule has 0 heterocycles. The van der Waals surface area contributed by atoms with Crippen LogP contribution in [0.25, 0.3) is 0 Å². The Morgan fingerprint density at radius 1 is 1.30 bits per heavy atom. The third-order valence-electron chi connectivity index (χ3n) is 3.52. The van der Waals surface area contributed by atoms with Crippen LogP contribution in [0.1, 0.15) is 30.1 Å². The van der Waals surface area contributed by atoms with Gasteiger partial charge in [-0.15, -0.1) is 0 Å². The Morgan fingerprint density at radius 2 is 1.89 bits per heavy atom. The van der Waals surface area contributed by atoms with Crippen molar-refractivity contribution in [3.05, 3.63) is 35.2 Å². The molecule has 6 nitrogen and oxygen atoms in total. The number of aldehydes is 1. The molecule has 3 N–H and O–H groups in total. The van der Waals surface area contributed by atoms with Crippen molar-refractivity contribution >= 4 is 17.8 Å². The number of rotatable bonds is 6. The second-order valence-corrected chi connectivity index (χ2v) is 6.43. The van der Waals surface area contributed by atoms with E-state index in [9.17, 15) is 27.9 Å². The largest absolute Gasteiger partial charge is 0.505 e. The fourth-order valence-electron chi connectivity index (χ4n) is 2.18. The summed E-state index contributed by atoms with van der Waals surface area (Å²) in [4.78, 5) is 24.4. The summed E-state index contributed by atoms with van der Waals surface area (Å²) in [6, 6.07) is 2.52. The van der Waals surface area contributed by atoms with Crippen LogP contribution < -0.4 is 10.6 Å². The molecule has 0 bridgehead atoms. The Kier molecular flexibility index (Phi) is 7.83. The molecule has 1 aromatic carbocycles. The van der Waals surface area contributed by atoms with E-state index in [4.69, 9.17) is 0 Å². The van der Waals surface area contributed by atoms with Gasteiger partial charge in [0.15, 0.2) is 12.1 Å². The van der Waals surface area contributed by atoms with E-state index in [-0.39, 0.29) is 47.0 Å². The lowest BCUT2D eigenvalue weighted by Gasteiger charge is -2.29. The molecule has 1 unspecified atom stereocenters. The van der Waals surface area contributed by atoms with Crippen molar-refractivity contribution in [3.63, 3.8) is 0 Å². The van der Waals surface area contributed by atoms with Crippen LogP contribution >= 0.6 is 0 Å². The summed E-state index contributed by atoms with van der Waals surface area (Å²) in [5.41, 5.74) is 0.191. The van der Waals surface area contributed by atoms with Gasteiger partial charge in [-0.25, -0.2) is 0 Å².